The fourth-order valence-corrected chi connectivity index (χ4v) is 6.59. The van der Waals surface area contributed by atoms with E-state index < -0.39 is 11.5 Å². The number of aromatic nitrogens is 4. The van der Waals surface area contributed by atoms with Crippen LogP contribution in [0, 0.1) is 0 Å². The summed E-state index contributed by atoms with van der Waals surface area (Å²) in [6.45, 7) is 2.01. The first-order valence-corrected chi connectivity index (χ1v) is 13.8. The van der Waals surface area contributed by atoms with Gasteiger partial charge in [-0.2, -0.15) is 0 Å². The summed E-state index contributed by atoms with van der Waals surface area (Å²) in [5.41, 5.74) is 3.58. The zero-order valence-electron chi connectivity index (χ0n) is 22.1. The molecule has 2 aromatic carbocycles. The fraction of sp³-hybridized carbons (Fsp3) is 0.323. The number of likely N-dealkylation sites (tertiary alicyclic amines) is 1. The first-order valence-electron chi connectivity index (χ1n) is 13.8. The molecule has 4 aromatic rings. The average Bonchev–Trinajstić information content (AvgIpc) is 3.67. The molecule has 1 fully saturated rings. The van der Waals surface area contributed by atoms with Crippen molar-refractivity contribution < 1.29 is 14.3 Å². The quantitative estimate of drug-likeness (QED) is 0.397. The number of ether oxygens (including phenoxy) is 1. The van der Waals surface area contributed by atoms with Crippen molar-refractivity contribution in [1.82, 2.24) is 24.9 Å². The molecule has 6 bridgehead atoms. The van der Waals surface area contributed by atoms with Gasteiger partial charge >= 0.3 is 0 Å². The Kier molecular flexibility index (Phi) is 6.06. The van der Waals surface area contributed by atoms with Gasteiger partial charge in [0.05, 0.1) is 25.4 Å². The van der Waals surface area contributed by atoms with Crippen molar-refractivity contribution in [3.8, 4) is 5.75 Å². The number of amides is 2. The van der Waals surface area contributed by atoms with Crippen LogP contribution in [0.3, 0.4) is 0 Å². The Bertz CT molecular complexity index is 1570. The molecule has 3 aliphatic rings. The molecule has 0 saturated carbocycles. The van der Waals surface area contributed by atoms with Gasteiger partial charge in [0.1, 0.15) is 16.9 Å². The third-order valence-corrected chi connectivity index (χ3v) is 8.38. The Balaban J connectivity index is 1.33. The van der Waals surface area contributed by atoms with Gasteiger partial charge in [-0.3, -0.25) is 19.3 Å². The third-order valence-electron chi connectivity index (χ3n) is 8.38. The second-order valence-electron chi connectivity index (χ2n) is 10.7. The van der Waals surface area contributed by atoms with Gasteiger partial charge in [-0.1, -0.05) is 41.6 Å². The number of fused-ring (bicyclic) bond motifs is 8. The molecular weight excluding hydrogens is 504 g/mol. The van der Waals surface area contributed by atoms with E-state index in [0.29, 0.717) is 45.5 Å². The van der Waals surface area contributed by atoms with Crippen molar-refractivity contribution in [2.24, 2.45) is 0 Å². The molecule has 2 atom stereocenters. The summed E-state index contributed by atoms with van der Waals surface area (Å²) in [7, 11) is 0. The maximum atomic E-state index is 14.7. The minimum Gasteiger partial charge on any atom is -0.494 e. The van der Waals surface area contributed by atoms with Crippen LogP contribution in [0.4, 0.5) is 5.69 Å². The zero-order chi connectivity index (χ0) is 27.1. The first-order chi connectivity index (χ1) is 19.6. The monoisotopic (exact) mass is 534 g/mol. The van der Waals surface area contributed by atoms with Gasteiger partial charge in [0.25, 0.3) is 0 Å². The molecule has 0 N–H and O–H groups in total. The van der Waals surface area contributed by atoms with Gasteiger partial charge in [-0.25, -0.2) is 0 Å². The van der Waals surface area contributed by atoms with E-state index in [1.807, 2.05) is 76.7 Å². The summed E-state index contributed by atoms with van der Waals surface area (Å²) in [5, 5.41) is 8.64. The van der Waals surface area contributed by atoms with Crippen LogP contribution in [-0.2, 0) is 34.5 Å². The Morgan fingerprint density at radius 3 is 2.90 bits per heavy atom. The lowest BCUT2D eigenvalue weighted by Crippen LogP contribution is -2.45. The van der Waals surface area contributed by atoms with E-state index in [2.05, 4.69) is 15.3 Å². The Labute approximate surface area is 232 Å². The topological polar surface area (TPSA) is 93.5 Å². The van der Waals surface area contributed by atoms with E-state index in [0.717, 1.165) is 40.2 Å². The van der Waals surface area contributed by atoms with Crippen LogP contribution in [0.25, 0.3) is 0 Å². The van der Waals surface area contributed by atoms with Crippen LogP contribution in [0.15, 0.2) is 79.3 Å². The third kappa shape index (κ3) is 4.04. The minimum absolute atomic E-state index is 0.00278. The SMILES string of the molecule is O=C(CCc1cccnc1)N1CC[C@]23C(=O)N(Cc4cn(nn4)CCCOc4cccc(c4)[C@H]12)c1ccccc13. The lowest BCUT2D eigenvalue weighted by molar-refractivity contribution is -0.133. The van der Waals surface area contributed by atoms with E-state index in [4.69, 9.17) is 4.74 Å². The summed E-state index contributed by atoms with van der Waals surface area (Å²) < 4.78 is 7.93. The molecule has 202 valence electrons. The summed E-state index contributed by atoms with van der Waals surface area (Å²) in [5.74, 6) is 0.755. The van der Waals surface area contributed by atoms with Crippen molar-refractivity contribution in [2.45, 2.75) is 50.2 Å². The lowest BCUT2D eigenvalue weighted by atomic mass is 9.72. The average molecular weight is 535 g/mol. The number of anilines is 1. The highest BCUT2D eigenvalue weighted by molar-refractivity contribution is 6.09. The van der Waals surface area contributed by atoms with E-state index >= 15 is 0 Å². The number of carbonyl (C=O) groups excluding carboxylic acids is 2. The summed E-state index contributed by atoms with van der Waals surface area (Å²) in [6, 6.07) is 19.3. The number of para-hydroxylation sites is 1. The van der Waals surface area contributed by atoms with E-state index in [1.165, 1.54) is 0 Å². The second-order valence-corrected chi connectivity index (χ2v) is 10.7. The highest BCUT2D eigenvalue weighted by Crippen LogP contribution is 2.57. The number of nitrogens with zero attached hydrogens (tertiary/aromatic N) is 6. The molecule has 2 amide bonds. The first kappa shape index (κ1) is 24.5. The van der Waals surface area contributed by atoms with Crippen LogP contribution in [0.5, 0.6) is 5.75 Å². The van der Waals surface area contributed by atoms with Crippen molar-refractivity contribution in [1.29, 1.82) is 0 Å². The zero-order valence-corrected chi connectivity index (χ0v) is 22.1. The maximum absolute atomic E-state index is 14.7. The van der Waals surface area contributed by atoms with Crippen LogP contribution < -0.4 is 9.64 Å². The Morgan fingerprint density at radius 2 is 2.00 bits per heavy atom. The van der Waals surface area contributed by atoms with Crippen LogP contribution in [-0.4, -0.2) is 49.8 Å². The minimum atomic E-state index is -0.907. The molecule has 0 aliphatic carbocycles. The van der Waals surface area contributed by atoms with Gasteiger partial charge in [0, 0.05) is 44.0 Å². The molecule has 9 nitrogen and oxygen atoms in total. The van der Waals surface area contributed by atoms with Crippen molar-refractivity contribution in [3.63, 3.8) is 0 Å². The molecular formula is C31H30N6O3. The number of carbonyl (C=O) groups is 2. The second kappa shape index (κ2) is 9.89. The highest BCUT2D eigenvalue weighted by atomic mass is 16.5. The molecule has 3 aliphatic heterocycles. The number of pyridine rings is 1. The van der Waals surface area contributed by atoms with Gasteiger partial charge in [-0.15, -0.1) is 5.10 Å². The predicted molar refractivity (Wildman–Crippen MR) is 148 cm³/mol. The van der Waals surface area contributed by atoms with E-state index in [-0.39, 0.29) is 11.8 Å². The number of aryl methyl sites for hydroxylation is 2. The van der Waals surface area contributed by atoms with Crippen molar-refractivity contribution >= 4 is 17.5 Å². The maximum Gasteiger partial charge on any atom is 0.240 e. The van der Waals surface area contributed by atoms with Crippen LogP contribution in [0.2, 0.25) is 0 Å². The van der Waals surface area contributed by atoms with Gasteiger partial charge < -0.3 is 14.5 Å². The molecule has 1 spiro atoms. The molecule has 0 unspecified atom stereocenters. The summed E-state index contributed by atoms with van der Waals surface area (Å²) in [4.78, 5) is 36.5. The van der Waals surface area contributed by atoms with Crippen LogP contribution in [0.1, 0.15) is 47.7 Å². The number of hydrogen-bond donors (Lipinski definition) is 0. The number of rotatable bonds is 3. The van der Waals surface area contributed by atoms with Gasteiger partial charge in [-0.05, 0) is 53.8 Å². The highest BCUT2D eigenvalue weighted by Gasteiger charge is 2.61. The molecule has 7 rings (SSSR count). The van der Waals surface area contributed by atoms with Crippen molar-refractivity contribution in [2.75, 3.05) is 18.1 Å². The van der Waals surface area contributed by atoms with Crippen LogP contribution >= 0.6 is 0 Å². The molecule has 9 heteroatoms. The largest absolute Gasteiger partial charge is 0.494 e. The molecule has 1 saturated heterocycles. The normalized spacial score (nSPS) is 21.7. The molecule has 0 radical (unpaired) electrons. The van der Waals surface area contributed by atoms with Crippen molar-refractivity contribution in [3.05, 3.63) is 102 Å². The standard InChI is InChI=1S/C31H30N6O3/c38-28(12-11-22-6-4-14-32-19-22)36-16-13-31-26-9-1-2-10-27(26)37(30(31)39)21-24-20-35(34-33-24)15-5-17-40-25-8-3-7-23(18-25)29(31)36/h1-4,6-10,14,18-20,29H,5,11-13,15-17,21H2/t29-,31+/m0/s1. The fourth-order valence-electron chi connectivity index (χ4n) is 6.59. The van der Waals surface area contributed by atoms with Gasteiger partial charge in [0.2, 0.25) is 11.8 Å². The number of hydrogen-bond acceptors (Lipinski definition) is 6. The predicted octanol–water partition coefficient (Wildman–Crippen LogP) is 3.85. The Hall–Kier alpha value is -4.53. The summed E-state index contributed by atoms with van der Waals surface area (Å²) >= 11 is 0. The molecule has 5 heterocycles. The Morgan fingerprint density at radius 1 is 1.07 bits per heavy atom. The molecule has 2 aromatic heterocycles. The van der Waals surface area contributed by atoms with E-state index in [9.17, 15) is 9.59 Å². The molecule has 40 heavy (non-hydrogen) atoms. The van der Waals surface area contributed by atoms with Gasteiger partial charge in [0.15, 0.2) is 0 Å². The smallest absolute Gasteiger partial charge is 0.240 e. The summed E-state index contributed by atoms with van der Waals surface area (Å²) in [6.07, 6.45) is 7.69. The lowest BCUT2D eigenvalue weighted by Gasteiger charge is -2.35. The van der Waals surface area contributed by atoms with E-state index in [1.54, 1.807) is 17.1 Å². The number of benzene rings is 2.